The molecular formula is C16H17N2NaO3S. The Bertz CT molecular complexity index is 723. The zero-order valence-corrected chi connectivity index (χ0v) is 13.4. The van der Waals surface area contributed by atoms with Crippen molar-refractivity contribution >= 4 is 47.4 Å². The fraction of sp³-hybridized carbons (Fsp3) is 0.312. The van der Waals surface area contributed by atoms with Gasteiger partial charge in [0.2, 0.25) is 5.06 Å². The summed E-state index contributed by atoms with van der Waals surface area (Å²) in [5.74, 6) is 0.952. The molecule has 0 aliphatic carbocycles. The van der Waals surface area contributed by atoms with Gasteiger partial charge >= 0.3 is 29.6 Å². The van der Waals surface area contributed by atoms with E-state index in [1.54, 1.807) is 19.1 Å². The Morgan fingerprint density at radius 2 is 2.17 bits per heavy atom. The molecule has 0 radical (unpaired) electrons. The monoisotopic (exact) mass is 340 g/mol. The molecule has 0 N–H and O–H groups in total. The van der Waals surface area contributed by atoms with Crippen molar-refractivity contribution < 1.29 is 14.3 Å². The van der Waals surface area contributed by atoms with Crippen LogP contribution in [-0.4, -0.2) is 47.6 Å². The van der Waals surface area contributed by atoms with Gasteiger partial charge in [0.05, 0.1) is 17.9 Å². The predicted octanol–water partition coefficient (Wildman–Crippen LogP) is 2.91. The third-order valence-electron chi connectivity index (χ3n) is 2.83. The van der Waals surface area contributed by atoms with E-state index in [1.165, 1.54) is 11.3 Å². The van der Waals surface area contributed by atoms with Gasteiger partial charge in [-0.3, -0.25) is 4.79 Å². The summed E-state index contributed by atoms with van der Waals surface area (Å²) in [5, 5.41) is 10.4. The molecule has 23 heavy (non-hydrogen) atoms. The Labute approximate surface area is 161 Å². The summed E-state index contributed by atoms with van der Waals surface area (Å²) in [6, 6.07) is 7.49. The number of carbonyl (C=O) groups is 1. The maximum absolute atomic E-state index is 10.4. The summed E-state index contributed by atoms with van der Waals surface area (Å²) in [6.45, 7) is 6.81. The van der Waals surface area contributed by atoms with Gasteiger partial charge in [0.25, 0.3) is 6.47 Å². The number of benzene rings is 1. The molecule has 0 saturated heterocycles. The number of hydrogen-bond donors (Lipinski definition) is 0. The van der Waals surface area contributed by atoms with E-state index >= 15 is 0 Å². The quantitative estimate of drug-likeness (QED) is 0.597. The molecule has 116 valence electrons. The summed E-state index contributed by atoms with van der Waals surface area (Å²) >= 11 is 1.27. The van der Waals surface area contributed by atoms with E-state index in [-0.39, 0.29) is 29.6 Å². The molecule has 0 bridgehead atoms. The minimum absolute atomic E-state index is 0. The van der Waals surface area contributed by atoms with Crippen molar-refractivity contribution in [2.24, 2.45) is 5.92 Å². The van der Waals surface area contributed by atoms with Crippen LogP contribution in [0.3, 0.4) is 0 Å². The summed E-state index contributed by atoms with van der Waals surface area (Å²) in [4.78, 5) is 14.8. The van der Waals surface area contributed by atoms with Crippen molar-refractivity contribution in [3.8, 4) is 27.5 Å². The van der Waals surface area contributed by atoms with Crippen molar-refractivity contribution in [1.29, 1.82) is 5.26 Å². The number of thiazole rings is 1. The van der Waals surface area contributed by atoms with Gasteiger partial charge in [-0.15, -0.1) is 0 Å². The Kier molecular flexibility index (Phi) is 7.73. The molecule has 0 aliphatic heterocycles. The predicted molar refractivity (Wildman–Crippen MR) is 91.2 cm³/mol. The Morgan fingerprint density at radius 1 is 1.43 bits per heavy atom. The van der Waals surface area contributed by atoms with E-state index in [9.17, 15) is 10.1 Å². The molecule has 0 fully saturated rings. The van der Waals surface area contributed by atoms with Gasteiger partial charge in [-0.2, -0.15) is 5.26 Å². The topological polar surface area (TPSA) is 72.2 Å². The number of aryl methyl sites for hydroxylation is 1. The average molecular weight is 340 g/mol. The molecular weight excluding hydrogens is 323 g/mol. The normalized spacial score (nSPS) is 9.87. The van der Waals surface area contributed by atoms with Gasteiger partial charge < -0.3 is 9.47 Å². The average Bonchev–Trinajstić information content (AvgIpc) is 2.86. The summed E-state index contributed by atoms with van der Waals surface area (Å²) in [5.41, 5.74) is 1.90. The molecule has 2 aromatic rings. The van der Waals surface area contributed by atoms with Crippen LogP contribution in [0.15, 0.2) is 18.2 Å². The van der Waals surface area contributed by atoms with Crippen LogP contribution in [0, 0.1) is 24.2 Å². The van der Waals surface area contributed by atoms with Crippen molar-refractivity contribution in [2.45, 2.75) is 20.8 Å². The van der Waals surface area contributed by atoms with Crippen molar-refractivity contribution in [2.75, 3.05) is 6.61 Å². The third-order valence-corrected chi connectivity index (χ3v) is 3.93. The minimum atomic E-state index is 0. The second-order valence-corrected chi connectivity index (χ2v) is 6.10. The van der Waals surface area contributed by atoms with Crippen molar-refractivity contribution in [3.63, 3.8) is 0 Å². The van der Waals surface area contributed by atoms with Gasteiger partial charge in [0.1, 0.15) is 16.8 Å². The molecule has 1 aromatic carbocycles. The van der Waals surface area contributed by atoms with Gasteiger partial charge in [-0.1, -0.05) is 25.2 Å². The Balaban J connectivity index is 0.00000264. The number of carbonyl (C=O) groups excluding carboxylic acids is 1. The molecule has 0 aliphatic rings. The van der Waals surface area contributed by atoms with E-state index < -0.39 is 0 Å². The van der Waals surface area contributed by atoms with Crippen LogP contribution in [-0.2, 0) is 4.79 Å². The van der Waals surface area contributed by atoms with Gasteiger partial charge in [0.15, 0.2) is 0 Å². The van der Waals surface area contributed by atoms with E-state index in [0.717, 1.165) is 5.56 Å². The molecule has 0 atom stereocenters. The maximum atomic E-state index is 10.4. The van der Waals surface area contributed by atoms with Crippen LogP contribution < -0.4 is 9.47 Å². The molecule has 1 aromatic heterocycles. The molecule has 2 rings (SSSR count). The molecule has 0 saturated carbocycles. The fourth-order valence-electron chi connectivity index (χ4n) is 1.79. The van der Waals surface area contributed by atoms with E-state index in [1.807, 2.05) is 19.9 Å². The zero-order chi connectivity index (χ0) is 16.1. The molecule has 0 unspecified atom stereocenters. The number of nitriles is 1. The van der Waals surface area contributed by atoms with Crippen LogP contribution in [0.25, 0.3) is 10.6 Å². The second-order valence-electron chi connectivity index (χ2n) is 5.13. The van der Waals surface area contributed by atoms with Gasteiger partial charge in [0, 0.05) is 5.56 Å². The fourth-order valence-corrected chi connectivity index (χ4v) is 2.68. The van der Waals surface area contributed by atoms with Gasteiger partial charge in [-0.25, -0.2) is 4.98 Å². The number of ether oxygens (including phenoxy) is 2. The van der Waals surface area contributed by atoms with Crippen molar-refractivity contribution in [3.05, 3.63) is 29.5 Å². The molecule has 0 amide bonds. The second kappa shape index (κ2) is 9.04. The van der Waals surface area contributed by atoms with Crippen LogP contribution in [0.5, 0.6) is 10.8 Å². The molecule has 5 nitrogen and oxygen atoms in total. The van der Waals surface area contributed by atoms with E-state index in [0.29, 0.717) is 46.1 Å². The van der Waals surface area contributed by atoms with E-state index in [2.05, 4.69) is 11.1 Å². The van der Waals surface area contributed by atoms with Crippen LogP contribution in [0.1, 0.15) is 25.1 Å². The third kappa shape index (κ3) is 5.05. The first-order chi connectivity index (χ1) is 10.5. The van der Waals surface area contributed by atoms with Crippen LogP contribution >= 0.6 is 11.3 Å². The van der Waals surface area contributed by atoms with Gasteiger partial charge in [-0.05, 0) is 31.0 Å². The summed E-state index contributed by atoms with van der Waals surface area (Å²) < 4.78 is 10.5. The molecule has 7 heteroatoms. The van der Waals surface area contributed by atoms with Crippen LogP contribution in [0.4, 0.5) is 0 Å². The summed E-state index contributed by atoms with van der Waals surface area (Å²) in [6.07, 6.45) is 0. The Hall–Kier alpha value is -1.39. The Morgan fingerprint density at radius 3 is 2.78 bits per heavy atom. The first-order valence-corrected chi connectivity index (χ1v) is 7.61. The molecule has 1 heterocycles. The first kappa shape index (κ1) is 19.7. The number of rotatable bonds is 6. The zero-order valence-electron chi connectivity index (χ0n) is 12.6. The molecule has 0 spiro atoms. The van der Waals surface area contributed by atoms with Crippen LogP contribution in [0.2, 0.25) is 0 Å². The van der Waals surface area contributed by atoms with E-state index in [4.69, 9.17) is 9.47 Å². The number of aromatic nitrogens is 1. The summed E-state index contributed by atoms with van der Waals surface area (Å²) in [7, 11) is 0. The number of hydrogen-bond acceptors (Lipinski definition) is 6. The first-order valence-electron chi connectivity index (χ1n) is 6.80. The standard InChI is InChI=1S/C16H16N2O3S.Na.H/c1-10(2)8-20-14-5-4-12(6-13(14)7-17)15-18-11(3)16(22-15)21-9-19;;/h4-6,9-10H,8H2,1-3H3;;. The van der Waals surface area contributed by atoms with Crippen molar-refractivity contribution in [1.82, 2.24) is 4.98 Å². The number of nitrogens with zero attached hydrogens (tertiary/aromatic N) is 2. The SMILES string of the molecule is Cc1nc(-c2ccc(OCC(C)C)c(C#N)c2)sc1OC=O.[NaH].